The highest BCUT2D eigenvalue weighted by atomic mass is 32.1. The summed E-state index contributed by atoms with van der Waals surface area (Å²) in [5.74, 6) is -0.965. The van der Waals surface area contributed by atoms with Crippen LogP contribution in [0.1, 0.15) is 0 Å². The molecule has 1 unspecified atom stereocenters. The number of rotatable bonds is 9. The Kier molecular flexibility index (Phi) is 17.4. The zero-order valence-corrected chi connectivity index (χ0v) is 10.6. The van der Waals surface area contributed by atoms with E-state index in [1.165, 1.54) is 7.11 Å². The van der Waals surface area contributed by atoms with Gasteiger partial charge in [0.25, 0.3) is 0 Å². The molecular weight excluding hydrogens is 252 g/mol. The molecule has 104 valence electrons. The van der Waals surface area contributed by atoms with E-state index in [0.29, 0.717) is 19.8 Å². The van der Waals surface area contributed by atoms with Crippen molar-refractivity contribution in [2.24, 2.45) is 0 Å². The van der Waals surface area contributed by atoms with Crippen molar-refractivity contribution in [1.29, 1.82) is 0 Å². The molecule has 0 aromatic rings. The summed E-state index contributed by atoms with van der Waals surface area (Å²) < 4.78 is 14.4. The van der Waals surface area contributed by atoms with Gasteiger partial charge in [0.1, 0.15) is 0 Å². The number of hydrogen-bond acceptors (Lipinski definition) is 7. The predicted molar refractivity (Wildman–Crippen MR) is 63.2 cm³/mol. The van der Waals surface area contributed by atoms with Crippen molar-refractivity contribution in [2.45, 2.75) is 6.29 Å². The van der Waals surface area contributed by atoms with Crippen LogP contribution in [0.15, 0.2) is 0 Å². The minimum Gasteiger partial charge on any atom is -0.481 e. The smallest absolute Gasteiger partial charge is 0.313 e. The Morgan fingerprint density at radius 3 is 2.24 bits per heavy atom. The first-order valence-electron chi connectivity index (χ1n) is 4.88. The van der Waals surface area contributed by atoms with Crippen LogP contribution in [0.5, 0.6) is 0 Å². The Morgan fingerprint density at radius 1 is 1.29 bits per heavy atom. The summed E-state index contributed by atoms with van der Waals surface area (Å²) in [6, 6.07) is 0. The average molecular weight is 272 g/mol. The maximum atomic E-state index is 9.29. The number of aliphatic hydroxyl groups excluding tert-OH is 2. The molecule has 0 rings (SSSR count). The van der Waals surface area contributed by atoms with Gasteiger partial charge < -0.3 is 29.5 Å². The van der Waals surface area contributed by atoms with Gasteiger partial charge in [-0.25, -0.2) is 0 Å². The maximum Gasteiger partial charge on any atom is 0.313 e. The Bertz CT molecular complexity index is 167. The number of ether oxygens (including phenoxy) is 3. The van der Waals surface area contributed by atoms with E-state index in [4.69, 9.17) is 24.8 Å². The highest BCUT2D eigenvalue weighted by Gasteiger charge is 1.99. The fourth-order valence-electron chi connectivity index (χ4n) is 0.537. The number of carboxylic acids is 1. The van der Waals surface area contributed by atoms with E-state index in [0.717, 1.165) is 0 Å². The van der Waals surface area contributed by atoms with Gasteiger partial charge in [0, 0.05) is 7.11 Å². The van der Waals surface area contributed by atoms with Gasteiger partial charge in [0.2, 0.25) is 0 Å². The van der Waals surface area contributed by atoms with Crippen LogP contribution in [0.3, 0.4) is 0 Å². The molecular formula is C9H20O7S. The second-order valence-corrected chi connectivity index (χ2v) is 2.97. The molecule has 0 aliphatic rings. The lowest BCUT2D eigenvalue weighted by molar-refractivity contribution is -0.133. The molecule has 0 saturated carbocycles. The maximum absolute atomic E-state index is 9.29. The molecule has 0 amide bonds. The number of carbonyl (C=O) groups is 1. The van der Waals surface area contributed by atoms with Crippen LogP contribution in [0.4, 0.5) is 0 Å². The molecule has 1 atom stereocenters. The first-order chi connectivity index (χ1) is 8.08. The predicted octanol–water partition coefficient (Wildman–Crippen LogP) is -1.02. The second-order valence-electron chi connectivity index (χ2n) is 2.65. The highest BCUT2D eigenvalue weighted by Crippen LogP contribution is 1.85. The van der Waals surface area contributed by atoms with E-state index in [1.807, 2.05) is 0 Å². The van der Waals surface area contributed by atoms with Gasteiger partial charge in [0.15, 0.2) is 6.29 Å². The Labute approximate surface area is 106 Å². The van der Waals surface area contributed by atoms with Crippen LogP contribution in [0.2, 0.25) is 0 Å². The number of aliphatic carboxylic acids is 1. The number of thiol groups is 1. The van der Waals surface area contributed by atoms with E-state index in [-0.39, 0.29) is 19.0 Å². The molecule has 0 aromatic carbocycles. The fourth-order valence-corrected chi connectivity index (χ4v) is 0.537. The van der Waals surface area contributed by atoms with E-state index >= 15 is 0 Å². The van der Waals surface area contributed by atoms with Gasteiger partial charge in [-0.1, -0.05) is 0 Å². The first-order valence-corrected chi connectivity index (χ1v) is 5.51. The van der Waals surface area contributed by atoms with Crippen molar-refractivity contribution >= 4 is 18.6 Å². The van der Waals surface area contributed by atoms with Crippen LogP contribution in [0, 0.1) is 0 Å². The Balaban J connectivity index is 0. The van der Waals surface area contributed by atoms with Gasteiger partial charge in [-0.3, -0.25) is 4.79 Å². The van der Waals surface area contributed by atoms with Crippen molar-refractivity contribution < 1.29 is 34.3 Å². The van der Waals surface area contributed by atoms with Crippen molar-refractivity contribution in [3.05, 3.63) is 0 Å². The minimum absolute atomic E-state index is 0.0146. The minimum atomic E-state index is -0.881. The summed E-state index contributed by atoms with van der Waals surface area (Å²) in [4.78, 5) is 9.29. The van der Waals surface area contributed by atoms with Gasteiger partial charge in [0.05, 0.1) is 38.8 Å². The third-order valence-corrected chi connectivity index (χ3v) is 1.55. The van der Waals surface area contributed by atoms with Gasteiger partial charge in [-0.15, -0.1) is 0 Å². The molecule has 0 bridgehead atoms. The molecule has 0 fully saturated rings. The van der Waals surface area contributed by atoms with Crippen LogP contribution < -0.4 is 0 Å². The zero-order chi connectivity index (χ0) is 13.5. The van der Waals surface area contributed by atoms with Crippen molar-refractivity contribution in [3.8, 4) is 0 Å². The SMILES string of the molecule is COC(O)COCCOCCO.O=C(O)CS. The standard InChI is InChI=1S/C7H16O5.C2H4O2S/c1-10-7(9)6-12-5-4-11-3-2-8;3-2(4)1-5/h7-9H,2-6H2,1H3;5H,1H2,(H,3,4). The van der Waals surface area contributed by atoms with Crippen LogP contribution >= 0.6 is 12.6 Å². The Morgan fingerprint density at radius 2 is 1.82 bits per heavy atom. The zero-order valence-electron chi connectivity index (χ0n) is 9.74. The molecule has 0 heterocycles. The van der Waals surface area contributed by atoms with E-state index in [9.17, 15) is 4.79 Å². The largest absolute Gasteiger partial charge is 0.481 e. The lowest BCUT2D eigenvalue weighted by atomic mass is 10.6. The normalized spacial score (nSPS) is 11.5. The second kappa shape index (κ2) is 15.6. The topological polar surface area (TPSA) is 105 Å². The average Bonchev–Trinajstić information content (AvgIpc) is 2.33. The summed E-state index contributed by atoms with van der Waals surface area (Å²) >= 11 is 3.42. The van der Waals surface area contributed by atoms with Gasteiger partial charge in [-0.2, -0.15) is 12.6 Å². The van der Waals surface area contributed by atoms with Crippen molar-refractivity contribution in [3.63, 3.8) is 0 Å². The van der Waals surface area contributed by atoms with E-state index in [1.54, 1.807) is 0 Å². The first kappa shape index (κ1) is 19.0. The number of aliphatic hydroxyl groups is 2. The summed E-state index contributed by atoms with van der Waals surface area (Å²) in [5.41, 5.74) is 0. The lowest BCUT2D eigenvalue weighted by Crippen LogP contribution is -2.19. The fraction of sp³-hybridized carbons (Fsp3) is 0.889. The van der Waals surface area contributed by atoms with Crippen LogP contribution in [-0.4, -0.2) is 73.5 Å². The molecule has 0 radical (unpaired) electrons. The highest BCUT2D eigenvalue weighted by molar-refractivity contribution is 7.81. The van der Waals surface area contributed by atoms with Crippen molar-refractivity contribution in [2.75, 3.05) is 45.9 Å². The third-order valence-electron chi connectivity index (χ3n) is 1.28. The summed E-state index contributed by atoms with van der Waals surface area (Å²) in [7, 11) is 1.40. The number of methoxy groups -OCH3 is 1. The van der Waals surface area contributed by atoms with E-state index < -0.39 is 12.3 Å². The monoisotopic (exact) mass is 272 g/mol. The summed E-state index contributed by atoms with van der Waals surface area (Å²) in [5, 5.41) is 24.8. The van der Waals surface area contributed by atoms with Gasteiger partial charge >= 0.3 is 5.97 Å². The van der Waals surface area contributed by atoms with Gasteiger partial charge in [-0.05, 0) is 0 Å². The third kappa shape index (κ3) is 21.5. The molecule has 0 aliphatic carbocycles. The van der Waals surface area contributed by atoms with E-state index in [2.05, 4.69) is 17.4 Å². The summed E-state index contributed by atoms with van der Waals surface area (Å²) in [6.45, 7) is 1.27. The molecule has 17 heavy (non-hydrogen) atoms. The molecule has 0 aromatic heterocycles. The number of carboxylic acid groups (broad SMARTS) is 1. The van der Waals surface area contributed by atoms with Crippen LogP contribution in [-0.2, 0) is 19.0 Å². The Hall–Kier alpha value is -0.380. The van der Waals surface area contributed by atoms with Crippen LogP contribution in [0.25, 0.3) is 0 Å². The molecule has 0 saturated heterocycles. The van der Waals surface area contributed by atoms with Crippen molar-refractivity contribution in [1.82, 2.24) is 0 Å². The molecule has 8 heteroatoms. The molecule has 3 N–H and O–H groups in total. The lowest BCUT2D eigenvalue weighted by Gasteiger charge is -2.08. The number of hydrogen-bond donors (Lipinski definition) is 4. The summed E-state index contributed by atoms with van der Waals surface area (Å²) in [6.07, 6.45) is -0.872. The molecule has 7 nitrogen and oxygen atoms in total. The quantitative estimate of drug-likeness (QED) is 0.242. The molecule has 0 spiro atoms. The molecule has 0 aliphatic heterocycles.